The molecule has 3 aromatic carbocycles. The van der Waals surface area contributed by atoms with Crippen molar-refractivity contribution in [3.8, 4) is 5.75 Å². The fourth-order valence-electron chi connectivity index (χ4n) is 3.39. The van der Waals surface area contributed by atoms with Crippen molar-refractivity contribution >= 4 is 58.0 Å². The molecule has 0 spiro atoms. The molecule has 3 amide bonds. The lowest BCUT2D eigenvalue weighted by atomic mass is 10.2. The molecule has 1 heterocycles. The van der Waals surface area contributed by atoms with Gasteiger partial charge in [-0.05, 0) is 72.8 Å². The lowest BCUT2D eigenvalue weighted by Crippen LogP contribution is -2.36. The van der Waals surface area contributed by atoms with E-state index in [1.165, 1.54) is 31.0 Å². The van der Waals surface area contributed by atoms with Crippen molar-refractivity contribution in [2.75, 3.05) is 19.0 Å². The maximum absolute atomic E-state index is 12.8. The monoisotopic (exact) mass is 535 g/mol. The lowest BCUT2D eigenvalue weighted by Gasteiger charge is -2.12. The largest absolute Gasteiger partial charge is 0.497 e. The summed E-state index contributed by atoms with van der Waals surface area (Å²) < 4.78 is 5.07. The average Bonchev–Trinajstić information content (AvgIpc) is 3.13. The van der Waals surface area contributed by atoms with Crippen molar-refractivity contribution in [3.05, 3.63) is 92.9 Å². The molecule has 188 valence electrons. The molecule has 1 aliphatic rings. The van der Waals surface area contributed by atoms with Crippen LogP contribution in [0.5, 0.6) is 5.75 Å². The molecule has 4 rings (SSSR count). The van der Waals surface area contributed by atoms with Crippen LogP contribution < -0.4 is 10.1 Å². The molecular weight excluding hydrogens is 514 g/mol. The Morgan fingerprint density at radius 3 is 2.46 bits per heavy atom. The van der Waals surface area contributed by atoms with E-state index < -0.39 is 28.5 Å². The molecule has 1 saturated heterocycles. The van der Waals surface area contributed by atoms with Gasteiger partial charge in [0.2, 0.25) is 5.91 Å². The van der Waals surface area contributed by atoms with Gasteiger partial charge in [-0.2, -0.15) is 0 Å². The number of aryl methyl sites for hydroxylation is 1. The van der Waals surface area contributed by atoms with Crippen LogP contribution in [0.4, 0.5) is 16.2 Å². The highest BCUT2D eigenvalue weighted by molar-refractivity contribution is 8.18. The molecule has 0 unspecified atom stereocenters. The zero-order chi connectivity index (χ0) is 26.5. The van der Waals surface area contributed by atoms with Gasteiger partial charge in [-0.3, -0.25) is 29.4 Å². The van der Waals surface area contributed by atoms with Crippen molar-refractivity contribution < 1.29 is 24.0 Å². The molecule has 1 aliphatic heterocycles. The van der Waals surface area contributed by atoms with E-state index >= 15 is 0 Å². The van der Waals surface area contributed by atoms with Crippen LogP contribution in [0, 0.1) is 17.0 Å². The zero-order valence-corrected chi connectivity index (χ0v) is 21.4. The molecule has 3 aromatic rings. The summed E-state index contributed by atoms with van der Waals surface area (Å²) in [4.78, 5) is 51.1. The Morgan fingerprint density at radius 1 is 1.11 bits per heavy atom. The number of thioether (sulfide) groups is 1. The van der Waals surface area contributed by atoms with Crippen molar-refractivity contribution in [1.29, 1.82) is 0 Å². The van der Waals surface area contributed by atoms with E-state index in [1.807, 2.05) is 31.2 Å². The van der Waals surface area contributed by atoms with Gasteiger partial charge >= 0.3 is 0 Å². The van der Waals surface area contributed by atoms with Crippen LogP contribution in [0.15, 0.2) is 81.4 Å². The summed E-state index contributed by atoms with van der Waals surface area (Å²) in [5.41, 5.74) is 1.86. The van der Waals surface area contributed by atoms with Crippen LogP contribution in [0.2, 0.25) is 0 Å². The SMILES string of the molecule is COc1ccc(NC(=O)CN2C(=O)S/C(=C\c3ccc(Sc4ccc(C)cc4)c([N+](=O)[O-])c3)C2=O)cc1. The summed E-state index contributed by atoms with van der Waals surface area (Å²) in [5, 5.41) is 13.7. The summed E-state index contributed by atoms with van der Waals surface area (Å²) in [6, 6.07) is 18.9. The van der Waals surface area contributed by atoms with Crippen molar-refractivity contribution in [2.45, 2.75) is 16.7 Å². The summed E-state index contributed by atoms with van der Waals surface area (Å²) in [7, 11) is 1.53. The highest BCUT2D eigenvalue weighted by Gasteiger charge is 2.36. The smallest absolute Gasteiger partial charge is 0.294 e. The first kappa shape index (κ1) is 26.0. The summed E-state index contributed by atoms with van der Waals surface area (Å²) >= 11 is 1.94. The van der Waals surface area contributed by atoms with Gasteiger partial charge in [0.25, 0.3) is 16.8 Å². The molecule has 1 N–H and O–H groups in total. The topological polar surface area (TPSA) is 119 Å². The normalized spacial score (nSPS) is 14.2. The Kier molecular flexibility index (Phi) is 7.95. The maximum Gasteiger partial charge on any atom is 0.294 e. The average molecular weight is 536 g/mol. The molecule has 37 heavy (non-hydrogen) atoms. The van der Waals surface area contributed by atoms with Gasteiger partial charge in [-0.25, -0.2) is 0 Å². The number of benzene rings is 3. The predicted octanol–water partition coefficient (Wildman–Crippen LogP) is 5.74. The fraction of sp³-hybridized carbons (Fsp3) is 0.115. The van der Waals surface area contributed by atoms with Crippen molar-refractivity contribution in [3.63, 3.8) is 0 Å². The van der Waals surface area contributed by atoms with Gasteiger partial charge in [-0.1, -0.05) is 35.5 Å². The Balaban J connectivity index is 1.47. The molecule has 0 radical (unpaired) electrons. The van der Waals surface area contributed by atoms with E-state index in [0.717, 1.165) is 15.4 Å². The third-order valence-electron chi connectivity index (χ3n) is 5.28. The quantitative estimate of drug-likeness (QED) is 0.220. The van der Waals surface area contributed by atoms with Crippen LogP contribution in [0.1, 0.15) is 11.1 Å². The standard InChI is InChI=1S/C26H21N3O6S2/c1-16-3-10-20(11-4-16)36-22-12-5-17(13-21(22)29(33)34)14-23-25(31)28(26(32)37-23)15-24(30)27-18-6-8-19(35-2)9-7-18/h3-14H,15H2,1-2H3,(H,27,30)/b23-14-. The number of carbonyl (C=O) groups excluding carboxylic acids is 3. The molecule has 0 aromatic heterocycles. The minimum atomic E-state index is -0.638. The van der Waals surface area contributed by atoms with E-state index in [4.69, 9.17) is 4.74 Å². The molecular formula is C26H21N3O6S2. The van der Waals surface area contributed by atoms with Crippen LogP contribution in [0.3, 0.4) is 0 Å². The molecule has 11 heteroatoms. The minimum Gasteiger partial charge on any atom is -0.497 e. The number of rotatable bonds is 8. The minimum absolute atomic E-state index is 0.0792. The van der Waals surface area contributed by atoms with Crippen LogP contribution >= 0.6 is 23.5 Å². The number of anilines is 1. The van der Waals surface area contributed by atoms with Gasteiger partial charge in [0.1, 0.15) is 12.3 Å². The summed E-state index contributed by atoms with van der Waals surface area (Å²) in [6.45, 7) is 1.50. The number of hydrogen-bond donors (Lipinski definition) is 1. The highest BCUT2D eigenvalue weighted by Crippen LogP contribution is 2.37. The third-order valence-corrected chi connectivity index (χ3v) is 7.26. The number of amides is 3. The number of nitrogens with one attached hydrogen (secondary N) is 1. The fourth-order valence-corrected chi connectivity index (χ4v) is 5.13. The number of methoxy groups -OCH3 is 1. The van der Waals surface area contributed by atoms with Gasteiger partial charge < -0.3 is 10.1 Å². The summed E-state index contributed by atoms with van der Waals surface area (Å²) in [6.07, 6.45) is 1.42. The second-order valence-electron chi connectivity index (χ2n) is 7.94. The number of imide groups is 1. The predicted molar refractivity (Wildman–Crippen MR) is 143 cm³/mol. The number of carbonyl (C=O) groups is 3. The van der Waals surface area contributed by atoms with Crippen LogP contribution in [-0.4, -0.2) is 40.5 Å². The number of nitro groups is 1. The maximum atomic E-state index is 12.8. The van der Waals surface area contributed by atoms with E-state index in [0.29, 0.717) is 33.7 Å². The first-order valence-electron chi connectivity index (χ1n) is 11.0. The zero-order valence-electron chi connectivity index (χ0n) is 19.8. The number of nitrogens with zero attached hydrogens (tertiary/aromatic N) is 2. The Bertz CT molecular complexity index is 1400. The van der Waals surface area contributed by atoms with E-state index in [2.05, 4.69) is 5.32 Å². The molecule has 0 atom stereocenters. The van der Waals surface area contributed by atoms with Crippen molar-refractivity contribution in [1.82, 2.24) is 4.90 Å². The number of hydrogen-bond acceptors (Lipinski definition) is 8. The number of ether oxygens (including phenoxy) is 1. The van der Waals surface area contributed by atoms with Crippen molar-refractivity contribution in [2.24, 2.45) is 0 Å². The molecule has 1 fully saturated rings. The first-order chi connectivity index (χ1) is 17.7. The van der Waals surface area contributed by atoms with E-state index in [1.54, 1.807) is 36.4 Å². The van der Waals surface area contributed by atoms with Crippen LogP contribution in [0.25, 0.3) is 6.08 Å². The Morgan fingerprint density at radius 2 is 1.81 bits per heavy atom. The van der Waals surface area contributed by atoms with E-state index in [-0.39, 0.29) is 10.6 Å². The second kappa shape index (κ2) is 11.3. The molecule has 0 bridgehead atoms. The van der Waals surface area contributed by atoms with E-state index in [9.17, 15) is 24.5 Å². The number of nitro benzene ring substituents is 1. The highest BCUT2D eigenvalue weighted by atomic mass is 32.2. The van der Waals surface area contributed by atoms with Gasteiger partial charge in [0.05, 0.1) is 21.8 Å². The Hall–Kier alpha value is -4.09. The Labute approximate surface area is 221 Å². The van der Waals surface area contributed by atoms with Crippen LogP contribution in [-0.2, 0) is 9.59 Å². The first-order valence-corrected chi connectivity index (χ1v) is 12.6. The van der Waals surface area contributed by atoms with Gasteiger partial charge in [0, 0.05) is 16.6 Å². The molecule has 0 saturated carbocycles. The summed E-state index contributed by atoms with van der Waals surface area (Å²) in [5.74, 6) is -0.557. The second-order valence-corrected chi connectivity index (χ2v) is 10.1. The van der Waals surface area contributed by atoms with Gasteiger partial charge in [-0.15, -0.1) is 0 Å². The third kappa shape index (κ3) is 6.38. The molecule has 0 aliphatic carbocycles. The van der Waals surface area contributed by atoms with Gasteiger partial charge in [0.15, 0.2) is 0 Å². The lowest BCUT2D eigenvalue weighted by molar-refractivity contribution is -0.387. The molecule has 9 nitrogen and oxygen atoms in total.